The zero-order valence-electron chi connectivity index (χ0n) is 15.7. The molecule has 0 aromatic rings. The Balaban J connectivity index is 2.31. The molecule has 0 aromatic heterocycles. The lowest BCUT2D eigenvalue weighted by Crippen LogP contribution is -2.24. The van der Waals surface area contributed by atoms with E-state index in [0.717, 1.165) is 6.42 Å². The number of aliphatic hydroxyl groups excluding tert-OH is 3. The van der Waals surface area contributed by atoms with Crippen LogP contribution in [0.5, 0.6) is 0 Å². The van der Waals surface area contributed by atoms with Crippen LogP contribution >= 0.6 is 0 Å². The van der Waals surface area contributed by atoms with Gasteiger partial charge in [0, 0.05) is 12.8 Å². The summed E-state index contributed by atoms with van der Waals surface area (Å²) in [7, 11) is 0. The fourth-order valence-electron chi connectivity index (χ4n) is 2.98. The third kappa shape index (κ3) is 9.48. The number of carbonyl (C=O) groups is 1. The first-order valence-electron chi connectivity index (χ1n) is 9.68. The van der Waals surface area contributed by atoms with Crippen molar-refractivity contribution in [2.45, 2.75) is 95.2 Å². The first-order chi connectivity index (χ1) is 12.4. The molecule has 0 aliphatic carbocycles. The topological polar surface area (TPSA) is 107 Å². The molecule has 1 fully saturated rings. The SMILES string of the molecule is CCCCC/C=C\C[C@@H]1O[C@@H]([C@@H](O)/C=C/[C@@H](O)CCCC(=O)O)C[C@H]1O. The van der Waals surface area contributed by atoms with E-state index in [9.17, 15) is 20.1 Å². The van der Waals surface area contributed by atoms with Gasteiger partial charge in [-0.05, 0) is 32.1 Å². The normalized spacial score (nSPS) is 25.9. The molecule has 26 heavy (non-hydrogen) atoms. The third-order valence-corrected chi connectivity index (χ3v) is 4.56. The molecule has 0 amide bonds. The number of aliphatic hydroxyl groups is 3. The molecule has 1 aliphatic heterocycles. The van der Waals surface area contributed by atoms with Crippen LogP contribution in [-0.2, 0) is 9.53 Å². The highest BCUT2D eigenvalue weighted by Gasteiger charge is 2.36. The quantitative estimate of drug-likeness (QED) is 0.293. The molecule has 0 saturated carbocycles. The van der Waals surface area contributed by atoms with Gasteiger partial charge in [0.15, 0.2) is 0 Å². The number of carboxylic acid groups (broad SMARTS) is 1. The van der Waals surface area contributed by atoms with Gasteiger partial charge < -0.3 is 25.2 Å². The standard InChI is InChI=1S/C20H34O6/c1-2-3-4-5-6-7-10-18-17(23)14-19(26-18)16(22)13-12-15(21)9-8-11-20(24)25/h6-7,12-13,15-19,21-23H,2-5,8-11,14H2,1H3,(H,24,25)/b7-6-,13-12+/t15-,16-,17+,18-,19+/m0/s1. The zero-order valence-corrected chi connectivity index (χ0v) is 15.7. The average molecular weight is 370 g/mol. The second-order valence-corrected chi connectivity index (χ2v) is 6.95. The summed E-state index contributed by atoms with van der Waals surface area (Å²) >= 11 is 0. The van der Waals surface area contributed by atoms with Crippen molar-refractivity contribution in [2.24, 2.45) is 0 Å². The second-order valence-electron chi connectivity index (χ2n) is 6.95. The highest BCUT2D eigenvalue weighted by Crippen LogP contribution is 2.26. The van der Waals surface area contributed by atoms with Crippen molar-refractivity contribution in [3.8, 4) is 0 Å². The van der Waals surface area contributed by atoms with E-state index in [4.69, 9.17) is 9.84 Å². The first-order valence-corrected chi connectivity index (χ1v) is 9.68. The van der Waals surface area contributed by atoms with Crippen molar-refractivity contribution in [3.05, 3.63) is 24.3 Å². The molecule has 1 aliphatic rings. The number of hydrogen-bond donors (Lipinski definition) is 4. The van der Waals surface area contributed by atoms with Crippen molar-refractivity contribution in [3.63, 3.8) is 0 Å². The van der Waals surface area contributed by atoms with E-state index in [1.165, 1.54) is 31.4 Å². The van der Waals surface area contributed by atoms with E-state index in [-0.39, 0.29) is 12.5 Å². The van der Waals surface area contributed by atoms with E-state index in [1.807, 2.05) is 6.08 Å². The van der Waals surface area contributed by atoms with Gasteiger partial charge in [0.1, 0.15) is 0 Å². The van der Waals surface area contributed by atoms with Crippen LogP contribution in [0.2, 0.25) is 0 Å². The third-order valence-electron chi connectivity index (χ3n) is 4.56. The number of aliphatic carboxylic acids is 1. The minimum atomic E-state index is -0.905. The van der Waals surface area contributed by atoms with Gasteiger partial charge >= 0.3 is 5.97 Å². The molecule has 0 bridgehead atoms. The van der Waals surface area contributed by atoms with E-state index in [1.54, 1.807) is 0 Å². The smallest absolute Gasteiger partial charge is 0.303 e. The van der Waals surface area contributed by atoms with Gasteiger partial charge in [0.25, 0.3) is 0 Å². The lowest BCUT2D eigenvalue weighted by atomic mass is 10.0. The van der Waals surface area contributed by atoms with E-state index in [0.29, 0.717) is 25.7 Å². The van der Waals surface area contributed by atoms with Crippen LogP contribution in [-0.4, -0.2) is 56.9 Å². The second kappa shape index (κ2) is 13.0. The van der Waals surface area contributed by atoms with Gasteiger partial charge in [-0.1, -0.05) is 44.1 Å². The summed E-state index contributed by atoms with van der Waals surface area (Å²) in [5.74, 6) is -0.889. The van der Waals surface area contributed by atoms with Crippen LogP contribution in [0.1, 0.15) is 64.7 Å². The molecule has 150 valence electrons. The fourth-order valence-corrected chi connectivity index (χ4v) is 2.98. The van der Waals surface area contributed by atoms with Crippen molar-refractivity contribution < 1.29 is 30.0 Å². The predicted octanol–water partition coefficient (Wildman–Crippen LogP) is 2.56. The van der Waals surface area contributed by atoms with E-state index < -0.39 is 30.4 Å². The Labute approximate surface area is 156 Å². The van der Waals surface area contributed by atoms with Gasteiger partial charge in [0.2, 0.25) is 0 Å². The minimum absolute atomic E-state index is 0.0129. The van der Waals surface area contributed by atoms with Crippen molar-refractivity contribution >= 4 is 5.97 Å². The summed E-state index contributed by atoms with van der Waals surface area (Å²) in [5.41, 5.74) is 0. The maximum Gasteiger partial charge on any atom is 0.303 e. The molecule has 6 heteroatoms. The Bertz CT molecular complexity index is 448. The van der Waals surface area contributed by atoms with Gasteiger partial charge in [-0.15, -0.1) is 0 Å². The summed E-state index contributed by atoms with van der Waals surface area (Å²) in [6.07, 6.45) is 10.3. The molecule has 0 aromatic carbocycles. The number of allylic oxidation sites excluding steroid dienone is 1. The fraction of sp³-hybridized carbons (Fsp3) is 0.750. The molecule has 5 atom stereocenters. The minimum Gasteiger partial charge on any atom is -0.481 e. The highest BCUT2D eigenvalue weighted by molar-refractivity contribution is 5.66. The Morgan fingerprint density at radius 2 is 1.96 bits per heavy atom. The van der Waals surface area contributed by atoms with Crippen LogP contribution in [0.15, 0.2) is 24.3 Å². The van der Waals surface area contributed by atoms with Gasteiger partial charge in [-0.2, -0.15) is 0 Å². The number of carboxylic acids is 1. The zero-order chi connectivity index (χ0) is 19.4. The van der Waals surface area contributed by atoms with Gasteiger partial charge in [0.05, 0.1) is 30.5 Å². The average Bonchev–Trinajstić information content (AvgIpc) is 2.96. The summed E-state index contributed by atoms with van der Waals surface area (Å²) in [4.78, 5) is 10.4. The molecule has 6 nitrogen and oxygen atoms in total. The predicted molar refractivity (Wildman–Crippen MR) is 99.8 cm³/mol. The van der Waals surface area contributed by atoms with E-state index in [2.05, 4.69) is 13.0 Å². The summed E-state index contributed by atoms with van der Waals surface area (Å²) in [6.45, 7) is 2.17. The Kier molecular flexibility index (Phi) is 11.4. The molecule has 4 N–H and O–H groups in total. The highest BCUT2D eigenvalue weighted by atomic mass is 16.5. The van der Waals surface area contributed by atoms with Crippen molar-refractivity contribution in [1.82, 2.24) is 0 Å². The lowest BCUT2D eigenvalue weighted by molar-refractivity contribution is -0.137. The summed E-state index contributed by atoms with van der Waals surface area (Å²) < 4.78 is 5.75. The summed E-state index contributed by atoms with van der Waals surface area (Å²) in [5, 5.41) is 38.6. The number of ether oxygens (including phenoxy) is 1. The van der Waals surface area contributed by atoms with Gasteiger partial charge in [-0.3, -0.25) is 4.79 Å². The molecular formula is C20H34O6. The summed E-state index contributed by atoms with van der Waals surface area (Å²) in [6, 6.07) is 0. The Morgan fingerprint density at radius 3 is 2.65 bits per heavy atom. The molecular weight excluding hydrogens is 336 g/mol. The number of rotatable bonds is 13. The van der Waals surface area contributed by atoms with E-state index >= 15 is 0 Å². The van der Waals surface area contributed by atoms with Crippen LogP contribution in [0.4, 0.5) is 0 Å². The van der Waals surface area contributed by atoms with Crippen molar-refractivity contribution in [1.29, 1.82) is 0 Å². The van der Waals surface area contributed by atoms with Crippen LogP contribution < -0.4 is 0 Å². The monoisotopic (exact) mass is 370 g/mol. The molecule has 0 spiro atoms. The van der Waals surface area contributed by atoms with Gasteiger partial charge in [-0.25, -0.2) is 0 Å². The Hall–Kier alpha value is -1.21. The molecule has 1 heterocycles. The van der Waals surface area contributed by atoms with Crippen molar-refractivity contribution in [2.75, 3.05) is 0 Å². The molecule has 0 unspecified atom stereocenters. The number of unbranched alkanes of at least 4 members (excludes halogenated alkanes) is 3. The maximum absolute atomic E-state index is 10.4. The maximum atomic E-state index is 10.4. The lowest BCUT2D eigenvalue weighted by Gasteiger charge is -2.16. The molecule has 1 saturated heterocycles. The largest absolute Gasteiger partial charge is 0.481 e. The number of hydrogen-bond acceptors (Lipinski definition) is 5. The molecule has 0 radical (unpaired) electrons. The van der Waals surface area contributed by atoms with Crippen LogP contribution in [0.3, 0.4) is 0 Å². The molecule has 1 rings (SSSR count). The first kappa shape index (κ1) is 22.8. The van der Waals surface area contributed by atoms with Crippen LogP contribution in [0, 0.1) is 0 Å². The van der Waals surface area contributed by atoms with Crippen LogP contribution in [0.25, 0.3) is 0 Å². The Morgan fingerprint density at radius 1 is 1.19 bits per heavy atom.